The topological polar surface area (TPSA) is 53.6 Å². The highest BCUT2D eigenvalue weighted by Crippen LogP contribution is 2.38. The molecule has 0 aromatic heterocycles. The van der Waals surface area contributed by atoms with E-state index in [1.807, 2.05) is 4.90 Å². The van der Waals surface area contributed by atoms with Crippen molar-refractivity contribution in [2.45, 2.75) is 57.1 Å². The molecular formula is C18H31N3O2. The normalized spacial score (nSPS) is 36.2. The van der Waals surface area contributed by atoms with Crippen molar-refractivity contribution < 1.29 is 9.53 Å². The molecule has 5 heteroatoms. The quantitative estimate of drug-likeness (QED) is 0.836. The summed E-state index contributed by atoms with van der Waals surface area (Å²) in [5.41, 5.74) is 0. The van der Waals surface area contributed by atoms with Crippen molar-refractivity contribution in [1.82, 2.24) is 15.5 Å². The van der Waals surface area contributed by atoms with E-state index in [9.17, 15) is 4.79 Å². The van der Waals surface area contributed by atoms with Crippen LogP contribution in [0.5, 0.6) is 0 Å². The number of carbonyl (C=O) groups excluding carboxylic acids is 1. The molecule has 3 unspecified atom stereocenters. The molecule has 4 aliphatic rings. The second-order valence-corrected chi connectivity index (χ2v) is 7.99. The fourth-order valence-electron chi connectivity index (χ4n) is 4.67. The standard InChI is InChI=1S/C18H31N3O2/c22-18(20-16-6-10-23-17(11-16)14-1-2-14)21-8-4-13(5-9-21)15-3-7-19-12-15/h13-17,19H,1-12H2,(H,20,22). The van der Waals surface area contributed by atoms with Gasteiger partial charge in [0.15, 0.2) is 0 Å². The van der Waals surface area contributed by atoms with E-state index in [2.05, 4.69) is 10.6 Å². The monoisotopic (exact) mass is 321 g/mol. The fourth-order valence-corrected chi connectivity index (χ4v) is 4.67. The molecule has 0 aromatic rings. The highest BCUT2D eigenvalue weighted by Gasteiger charge is 2.37. The molecule has 5 nitrogen and oxygen atoms in total. The van der Waals surface area contributed by atoms with Crippen molar-refractivity contribution in [2.75, 3.05) is 32.8 Å². The molecule has 3 atom stereocenters. The van der Waals surface area contributed by atoms with Crippen LogP contribution in [0.2, 0.25) is 0 Å². The zero-order valence-corrected chi connectivity index (χ0v) is 14.1. The highest BCUT2D eigenvalue weighted by atomic mass is 16.5. The maximum atomic E-state index is 12.5. The van der Waals surface area contributed by atoms with Crippen LogP contribution in [0.25, 0.3) is 0 Å². The van der Waals surface area contributed by atoms with Crippen molar-refractivity contribution >= 4 is 6.03 Å². The third-order valence-corrected chi connectivity index (χ3v) is 6.38. The van der Waals surface area contributed by atoms with E-state index in [0.717, 1.165) is 50.3 Å². The molecule has 1 aliphatic carbocycles. The number of ether oxygens (including phenoxy) is 1. The SMILES string of the molecule is O=C(NC1CCOC(C2CC2)C1)N1CCC(C2CCNC2)CC1. The van der Waals surface area contributed by atoms with Crippen molar-refractivity contribution in [3.8, 4) is 0 Å². The van der Waals surface area contributed by atoms with Gasteiger partial charge in [-0.05, 0) is 75.8 Å². The van der Waals surface area contributed by atoms with Gasteiger partial charge < -0.3 is 20.3 Å². The van der Waals surface area contributed by atoms with Crippen LogP contribution in [0.1, 0.15) is 44.9 Å². The summed E-state index contributed by atoms with van der Waals surface area (Å²) in [6.07, 6.45) is 8.69. The maximum Gasteiger partial charge on any atom is 0.317 e. The third kappa shape index (κ3) is 3.82. The first kappa shape index (κ1) is 15.7. The van der Waals surface area contributed by atoms with Crippen LogP contribution in [0.4, 0.5) is 4.79 Å². The number of rotatable bonds is 3. The van der Waals surface area contributed by atoms with Gasteiger partial charge in [-0.15, -0.1) is 0 Å². The lowest BCUT2D eigenvalue weighted by Crippen LogP contribution is -2.50. The van der Waals surface area contributed by atoms with Crippen molar-refractivity contribution in [1.29, 1.82) is 0 Å². The molecule has 0 spiro atoms. The number of piperidine rings is 1. The highest BCUT2D eigenvalue weighted by molar-refractivity contribution is 5.74. The lowest BCUT2D eigenvalue weighted by molar-refractivity contribution is -0.0100. The zero-order chi connectivity index (χ0) is 15.6. The van der Waals surface area contributed by atoms with Crippen molar-refractivity contribution in [2.24, 2.45) is 17.8 Å². The van der Waals surface area contributed by atoms with Crippen LogP contribution in [-0.2, 0) is 4.74 Å². The third-order valence-electron chi connectivity index (χ3n) is 6.38. The Balaban J connectivity index is 1.22. The largest absolute Gasteiger partial charge is 0.378 e. The molecule has 0 bridgehead atoms. The molecular weight excluding hydrogens is 290 g/mol. The Morgan fingerprint density at radius 2 is 1.83 bits per heavy atom. The number of hydrogen-bond acceptors (Lipinski definition) is 3. The van der Waals surface area contributed by atoms with Crippen LogP contribution in [0.15, 0.2) is 0 Å². The first-order valence-corrected chi connectivity index (χ1v) is 9.67. The van der Waals surface area contributed by atoms with Gasteiger partial charge in [0, 0.05) is 25.7 Å². The Labute approximate surface area is 139 Å². The van der Waals surface area contributed by atoms with Gasteiger partial charge in [-0.1, -0.05) is 0 Å². The lowest BCUT2D eigenvalue weighted by atomic mass is 9.84. The average Bonchev–Trinajstić information content (AvgIpc) is 3.30. The second kappa shape index (κ2) is 6.98. The van der Waals surface area contributed by atoms with Crippen LogP contribution >= 0.6 is 0 Å². The van der Waals surface area contributed by atoms with Gasteiger partial charge in [0.2, 0.25) is 0 Å². The van der Waals surface area contributed by atoms with Crippen molar-refractivity contribution in [3.05, 3.63) is 0 Å². The first-order chi connectivity index (χ1) is 11.3. The van der Waals surface area contributed by atoms with E-state index in [1.54, 1.807) is 0 Å². The van der Waals surface area contributed by atoms with Gasteiger partial charge in [0.05, 0.1) is 6.10 Å². The Kier molecular flexibility index (Phi) is 4.76. The summed E-state index contributed by atoms with van der Waals surface area (Å²) in [5.74, 6) is 2.43. The molecule has 1 saturated carbocycles. The fraction of sp³-hybridized carbons (Fsp3) is 0.944. The molecule has 4 rings (SSSR count). The minimum absolute atomic E-state index is 0.162. The lowest BCUT2D eigenvalue weighted by Gasteiger charge is -2.36. The summed E-state index contributed by atoms with van der Waals surface area (Å²) in [7, 11) is 0. The smallest absolute Gasteiger partial charge is 0.317 e. The van der Waals surface area contributed by atoms with Crippen LogP contribution in [-0.4, -0.2) is 55.9 Å². The summed E-state index contributed by atoms with van der Waals surface area (Å²) in [6.45, 7) is 5.03. The van der Waals surface area contributed by atoms with E-state index in [4.69, 9.17) is 4.74 Å². The Bertz CT molecular complexity index is 412. The van der Waals surface area contributed by atoms with E-state index < -0.39 is 0 Å². The minimum atomic E-state index is 0.162. The van der Waals surface area contributed by atoms with Gasteiger partial charge in [-0.2, -0.15) is 0 Å². The molecule has 4 fully saturated rings. The molecule has 2 amide bonds. The van der Waals surface area contributed by atoms with Crippen molar-refractivity contribution in [3.63, 3.8) is 0 Å². The molecule has 3 heterocycles. The van der Waals surface area contributed by atoms with Gasteiger partial charge in [0.1, 0.15) is 0 Å². The second-order valence-electron chi connectivity index (χ2n) is 7.99. The Hall–Kier alpha value is -0.810. The van der Waals surface area contributed by atoms with E-state index in [-0.39, 0.29) is 6.03 Å². The van der Waals surface area contributed by atoms with E-state index in [0.29, 0.717) is 12.1 Å². The Morgan fingerprint density at radius 1 is 1.00 bits per heavy atom. The van der Waals surface area contributed by atoms with E-state index in [1.165, 1.54) is 45.2 Å². The summed E-state index contributed by atoms with van der Waals surface area (Å²) in [5, 5.41) is 6.75. The predicted octanol–water partition coefficient (Wildman–Crippen LogP) is 1.98. The summed E-state index contributed by atoms with van der Waals surface area (Å²) in [4.78, 5) is 14.6. The van der Waals surface area contributed by atoms with Gasteiger partial charge >= 0.3 is 6.03 Å². The summed E-state index contributed by atoms with van der Waals surface area (Å²) >= 11 is 0. The molecule has 0 radical (unpaired) electrons. The number of likely N-dealkylation sites (tertiary alicyclic amines) is 1. The molecule has 3 aliphatic heterocycles. The van der Waals surface area contributed by atoms with Gasteiger partial charge in [0.25, 0.3) is 0 Å². The first-order valence-electron chi connectivity index (χ1n) is 9.67. The summed E-state index contributed by atoms with van der Waals surface area (Å²) in [6, 6.07) is 0.480. The van der Waals surface area contributed by atoms with Crippen LogP contribution in [0.3, 0.4) is 0 Å². The molecule has 3 saturated heterocycles. The van der Waals surface area contributed by atoms with Crippen LogP contribution in [0, 0.1) is 17.8 Å². The molecule has 2 N–H and O–H groups in total. The number of nitrogens with one attached hydrogen (secondary N) is 2. The van der Waals surface area contributed by atoms with Gasteiger partial charge in [-0.3, -0.25) is 0 Å². The zero-order valence-electron chi connectivity index (χ0n) is 14.1. The number of hydrogen-bond donors (Lipinski definition) is 2. The van der Waals surface area contributed by atoms with Crippen LogP contribution < -0.4 is 10.6 Å². The Morgan fingerprint density at radius 3 is 2.52 bits per heavy atom. The molecule has 130 valence electrons. The molecule has 0 aromatic carbocycles. The van der Waals surface area contributed by atoms with Gasteiger partial charge in [-0.25, -0.2) is 4.79 Å². The maximum absolute atomic E-state index is 12.5. The number of nitrogens with zero attached hydrogens (tertiary/aromatic N) is 1. The predicted molar refractivity (Wildman–Crippen MR) is 89.3 cm³/mol. The number of urea groups is 1. The van der Waals surface area contributed by atoms with E-state index >= 15 is 0 Å². The number of amides is 2. The average molecular weight is 321 g/mol. The summed E-state index contributed by atoms with van der Waals surface area (Å²) < 4.78 is 5.86. The molecule has 23 heavy (non-hydrogen) atoms. The minimum Gasteiger partial charge on any atom is -0.378 e. The number of carbonyl (C=O) groups is 1.